The van der Waals surface area contributed by atoms with Crippen LogP contribution in [0.3, 0.4) is 0 Å². The van der Waals surface area contributed by atoms with E-state index in [1.807, 2.05) is 6.92 Å². The SMILES string of the molecule is CCC/C=C(/N)C(C)(C)CC(C)N. The zero-order valence-corrected chi connectivity index (χ0v) is 9.43. The Morgan fingerprint density at radius 2 is 2.00 bits per heavy atom. The summed E-state index contributed by atoms with van der Waals surface area (Å²) in [6.45, 7) is 8.48. The second kappa shape index (κ2) is 5.28. The highest BCUT2D eigenvalue weighted by molar-refractivity contribution is 5.08. The van der Waals surface area contributed by atoms with Crippen molar-refractivity contribution in [1.82, 2.24) is 0 Å². The second-order valence-corrected chi connectivity index (χ2v) is 4.51. The van der Waals surface area contributed by atoms with E-state index in [9.17, 15) is 0 Å². The van der Waals surface area contributed by atoms with Crippen LogP contribution in [0.4, 0.5) is 0 Å². The van der Waals surface area contributed by atoms with Gasteiger partial charge in [-0.15, -0.1) is 0 Å². The third kappa shape index (κ3) is 4.94. The monoisotopic (exact) mass is 184 g/mol. The molecule has 0 aromatic heterocycles. The minimum atomic E-state index is 0.0450. The number of allylic oxidation sites excluding steroid dienone is 2. The lowest BCUT2D eigenvalue weighted by atomic mass is 9.83. The summed E-state index contributed by atoms with van der Waals surface area (Å²) in [4.78, 5) is 0. The molecule has 0 saturated heterocycles. The Kier molecular flexibility index (Phi) is 5.07. The third-order valence-corrected chi connectivity index (χ3v) is 2.27. The molecule has 0 spiro atoms. The quantitative estimate of drug-likeness (QED) is 0.689. The topological polar surface area (TPSA) is 52.0 Å². The fourth-order valence-corrected chi connectivity index (χ4v) is 1.50. The number of unbranched alkanes of at least 4 members (excludes halogenated alkanes) is 1. The van der Waals surface area contributed by atoms with Crippen LogP contribution in [0.5, 0.6) is 0 Å². The average molecular weight is 184 g/mol. The van der Waals surface area contributed by atoms with Crippen LogP contribution in [0.25, 0.3) is 0 Å². The van der Waals surface area contributed by atoms with Gasteiger partial charge in [-0.25, -0.2) is 0 Å². The van der Waals surface area contributed by atoms with Crippen LogP contribution in [0.2, 0.25) is 0 Å². The Bertz CT molecular complexity index is 169. The Morgan fingerprint density at radius 3 is 2.38 bits per heavy atom. The van der Waals surface area contributed by atoms with Crippen LogP contribution in [0.15, 0.2) is 11.8 Å². The molecule has 2 nitrogen and oxygen atoms in total. The predicted octanol–water partition coefficient (Wildman–Crippen LogP) is 2.39. The number of rotatable bonds is 5. The van der Waals surface area contributed by atoms with Crippen LogP contribution in [0.1, 0.15) is 47.0 Å². The molecule has 0 amide bonds. The molecule has 0 aliphatic rings. The van der Waals surface area contributed by atoms with Crippen molar-refractivity contribution in [3.8, 4) is 0 Å². The predicted molar refractivity (Wildman–Crippen MR) is 59.2 cm³/mol. The van der Waals surface area contributed by atoms with Crippen LogP contribution >= 0.6 is 0 Å². The molecular formula is C11H24N2. The van der Waals surface area contributed by atoms with Crippen molar-refractivity contribution >= 4 is 0 Å². The lowest BCUT2D eigenvalue weighted by molar-refractivity contribution is 0.370. The van der Waals surface area contributed by atoms with E-state index < -0.39 is 0 Å². The van der Waals surface area contributed by atoms with Gasteiger partial charge in [0.2, 0.25) is 0 Å². The summed E-state index contributed by atoms with van der Waals surface area (Å²) < 4.78 is 0. The summed E-state index contributed by atoms with van der Waals surface area (Å²) in [6, 6.07) is 0.212. The van der Waals surface area contributed by atoms with Gasteiger partial charge < -0.3 is 11.5 Å². The minimum Gasteiger partial charge on any atom is -0.402 e. The molecule has 0 fully saturated rings. The molecule has 4 N–H and O–H groups in total. The van der Waals surface area contributed by atoms with Gasteiger partial charge >= 0.3 is 0 Å². The Hall–Kier alpha value is -0.500. The van der Waals surface area contributed by atoms with E-state index in [1.165, 1.54) is 0 Å². The highest BCUT2D eigenvalue weighted by Gasteiger charge is 2.22. The molecule has 0 aromatic carbocycles. The summed E-state index contributed by atoms with van der Waals surface area (Å²) in [5.41, 5.74) is 12.8. The van der Waals surface area contributed by atoms with Gasteiger partial charge in [0.1, 0.15) is 0 Å². The summed E-state index contributed by atoms with van der Waals surface area (Å²) in [5, 5.41) is 0. The standard InChI is InChI=1S/C11H24N2/c1-5-6-7-10(13)11(3,4)8-9(2)12/h7,9H,5-6,8,12-13H2,1-4H3/b10-7+. The molecule has 0 bridgehead atoms. The number of hydrogen-bond donors (Lipinski definition) is 2. The third-order valence-electron chi connectivity index (χ3n) is 2.27. The van der Waals surface area contributed by atoms with Crippen LogP contribution < -0.4 is 11.5 Å². The van der Waals surface area contributed by atoms with Gasteiger partial charge in [-0.1, -0.05) is 33.3 Å². The maximum Gasteiger partial charge on any atom is 0.00979 e. The van der Waals surface area contributed by atoms with Gasteiger partial charge in [-0.05, 0) is 19.8 Å². The summed E-state index contributed by atoms with van der Waals surface area (Å²) in [7, 11) is 0. The van der Waals surface area contributed by atoms with E-state index in [4.69, 9.17) is 11.5 Å². The van der Waals surface area contributed by atoms with Gasteiger partial charge in [0.25, 0.3) is 0 Å². The van der Waals surface area contributed by atoms with Crippen molar-refractivity contribution in [1.29, 1.82) is 0 Å². The highest BCUT2D eigenvalue weighted by Crippen LogP contribution is 2.28. The minimum absolute atomic E-state index is 0.0450. The lowest BCUT2D eigenvalue weighted by Crippen LogP contribution is -2.29. The molecule has 13 heavy (non-hydrogen) atoms. The van der Waals surface area contributed by atoms with Crippen molar-refractivity contribution in [2.75, 3.05) is 0 Å². The van der Waals surface area contributed by atoms with Gasteiger partial charge in [-0.2, -0.15) is 0 Å². The van der Waals surface area contributed by atoms with E-state index in [0.717, 1.165) is 25.0 Å². The molecule has 78 valence electrons. The van der Waals surface area contributed by atoms with Gasteiger partial charge in [0, 0.05) is 17.2 Å². The van der Waals surface area contributed by atoms with E-state index >= 15 is 0 Å². The lowest BCUT2D eigenvalue weighted by Gasteiger charge is -2.27. The molecule has 0 aliphatic carbocycles. The normalized spacial score (nSPS) is 15.9. The first-order valence-corrected chi connectivity index (χ1v) is 5.12. The van der Waals surface area contributed by atoms with Crippen molar-refractivity contribution < 1.29 is 0 Å². The van der Waals surface area contributed by atoms with Crippen LogP contribution in [-0.2, 0) is 0 Å². The van der Waals surface area contributed by atoms with Crippen molar-refractivity contribution in [3.05, 3.63) is 11.8 Å². The zero-order valence-electron chi connectivity index (χ0n) is 9.43. The van der Waals surface area contributed by atoms with E-state index in [1.54, 1.807) is 0 Å². The van der Waals surface area contributed by atoms with Gasteiger partial charge in [0.05, 0.1) is 0 Å². The smallest absolute Gasteiger partial charge is 0.00979 e. The molecule has 0 aliphatic heterocycles. The van der Waals surface area contributed by atoms with Gasteiger partial charge in [-0.3, -0.25) is 0 Å². The summed E-state index contributed by atoms with van der Waals surface area (Å²) in [5.74, 6) is 0. The molecular weight excluding hydrogens is 160 g/mol. The molecule has 1 unspecified atom stereocenters. The van der Waals surface area contributed by atoms with Crippen LogP contribution in [0, 0.1) is 5.41 Å². The molecule has 0 saturated carbocycles. The first kappa shape index (κ1) is 12.5. The average Bonchev–Trinajstić information content (AvgIpc) is 1.97. The largest absolute Gasteiger partial charge is 0.402 e. The molecule has 2 heteroatoms. The Morgan fingerprint density at radius 1 is 1.46 bits per heavy atom. The maximum atomic E-state index is 5.99. The second-order valence-electron chi connectivity index (χ2n) is 4.51. The molecule has 0 radical (unpaired) electrons. The first-order chi connectivity index (χ1) is 5.90. The van der Waals surface area contributed by atoms with Gasteiger partial charge in [0.15, 0.2) is 0 Å². The van der Waals surface area contributed by atoms with E-state index in [0.29, 0.717) is 0 Å². The zero-order chi connectivity index (χ0) is 10.5. The highest BCUT2D eigenvalue weighted by atomic mass is 14.7. The first-order valence-electron chi connectivity index (χ1n) is 5.12. The Balaban J connectivity index is 4.25. The summed E-state index contributed by atoms with van der Waals surface area (Å²) >= 11 is 0. The number of hydrogen-bond acceptors (Lipinski definition) is 2. The molecule has 1 atom stereocenters. The van der Waals surface area contributed by atoms with Crippen molar-refractivity contribution in [3.63, 3.8) is 0 Å². The molecule has 0 aromatic rings. The molecule has 0 heterocycles. The van der Waals surface area contributed by atoms with E-state index in [2.05, 4.69) is 26.8 Å². The fraction of sp³-hybridized carbons (Fsp3) is 0.818. The van der Waals surface area contributed by atoms with Crippen LogP contribution in [-0.4, -0.2) is 6.04 Å². The van der Waals surface area contributed by atoms with Crippen molar-refractivity contribution in [2.45, 2.75) is 53.0 Å². The molecule has 0 rings (SSSR count). The van der Waals surface area contributed by atoms with E-state index in [-0.39, 0.29) is 11.5 Å². The summed E-state index contributed by atoms with van der Waals surface area (Å²) in [6.07, 6.45) is 5.28. The number of nitrogens with two attached hydrogens (primary N) is 2. The van der Waals surface area contributed by atoms with Crippen molar-refractivity contribution in [2.24, 2.45) is 16.9 Å². The fourth-order valence-electron chi connectivity index (χ4n) is 1.50. The maximum absolute atomic E-state index is 5.99. The Labute approximate surface area is 82.4 Å².